The number of hydrogen-bond acceptors (Lipinski definition) is 4. The monoisotopic (exact) mass is 429 g/mol. The Balaban J connectivity index is 1.34. The first-order chi connectivity index (χ1) is 13.2. The summed E-state index contributed by atoms with van der Waals surface area (Å²) < 4.78 is 0. The summed E-state index contributed by atoms with van der Waals surface area (Å²) in [4.78, 5) is 13.2. The van der Waals surface area contributed by atoms with Crippen molar-refractivity contribution in [1.82, 2.24) is 4.90 Å². The number of halogens is 1. The Bertz CT molecular complexity index is 842. The molecule has 4 atom stereocenters. The molecule has 2 aromatic carbocycles. The molecule has 3 aliphatic rings. The Labute approximate surface area is 168 Å². The summed E-state index contributed by atoms with van der Waals surface area (Å²) in [6.45, 7) is 1.60. The van der Waals surface area contributed by atoms with Crippen molar-refractivity contribution in [2.45, 2.75) is 48.7 Å². The van der Waals surface area contributed by atoms with E-state index in [9.17, 15) is 5.11 Å². The Morgan fingerprint density at radius 3 is 2.78 bits per heavy atom. The summed E-state index contributed by atoms with van der Waals surface area (Å²) >= 11 is 3.93. The lowest BCUT2D eigenvalue weighted by atomic mass is 9.84. The zero-order chi connectivity index (χ0) is 18.4. The van der Waals surface area contributed by atoms with E-state index in [4.69, 9.17) is 9.78 Å². The Hall–Kier alpha value is -1.40. The van der Waals surface area contributed by atoms with Gasteiger partial charge in [-0.3, -0.25) is 4.90 Å². The lowest BCUT2D eigenvalue weighted by Crippen LogP contribution is -2.47. The van der Waals surface area contributed by atoms with Gasteiger partial charge in [0.15, 0.2) is 5.75 Å². The third kappa shape index (κ3) is 3.11. The van der Waals surface area contributed by atoms with E-state index in [0.717, 1.165) is 43.5 Å². The molecule has 0 spiro atoms. The highest BCUT2D eigenvalue weighted by Crippen LogP contribution is 2.43. The topological polar surface area (TPSA) is 41.9 Å². The summed E-state index contributed by atoms with van der Waals surface area (Å²) in [5.74, 6) is 1.37. The van der Waals surface area contributed by atoms with Gasteiger partial charge in [-0.1, -0.05) is 52.3 Å². The van der Waals surface area contributed by atoms with E-state index in [1.807, 2.05) is 12.1 Å². The standard InChI is InChI=1S/C22H24BrNO3/c23-21-13-15(16-6-3-7-20-18(16)9-11-26-27-20)8-10-24(21)19-12-14-4-1-2-5-17(14)22(19)25/h1-7,15,19,21-22,25H,8-13H2. The van der Waals surface area contributed by atoms with Gasteiger partial charge in [0.1, 0.15) is 0 Å². The molecule has 4 unspecified atom stereocenters. The average Bonchev–Trinajstić information content (AvgIpc) is 3.04. The lowest BCUT2D eigenvalue weighted by molar-refractivity contribution is -0.215. The molecule has 0 radical (unpaired) electrons. The number of aliphatic hydroxyl groups is 1. The smallest absolute Gasteiger partial charge is 0.168 e. The zero-order valence-electron chi connectivity index (χ0n) is 15.2. The van der Waals surface area contributed by atoms with E-state index in [1.54, 1.807) is 0 Å². The van der Waals surface area contributed by atoms with Gasteiger partial charge in [0.05, 0.1) is 17.7 Å². The summed E-state index contributed by atoms with van der Waals surface area (Å²) in [6, 6.07) is 14.8. The van der Waals surface area contributed by atoms with Crippen molar-refractivity contribution < 1.29 is 14.9 Å². The SMILES string of the molecule is OC1c2ccccc2CC1N1CCC(c2cccc3c2CCOO3)CC1Br. The van der Waals surface area contributed by atoms with Crippen LogP contribution >= 0.6 is 15.9 Å². The maximum Gasteiger partial charge on any atom is 0.168 e. The molecule has 1 saturated heterocycles. The fraction of sp³-hybridized carbons (Fsp3) is 0.455. The second-order valence-electron chi connectivity index (χ2n) is 7.79. The average molecular weight is 430 g/mol. The number of aliphatic hydroxyl groups excluding tert-OH is 1. The molecule has 1 aliphatic carbocycles. The van der Waals surface area contributed by atoms with Crippen LogP contribution in [0.5, 0.6) is 5.75 Å². The number of likely N-dealkylation sites (tertiary alicyclic amines) is 1. The molecule has 0 amide bonds. The normalized spacial score (nSPS) is 30.4. The Morgan fingerprint density at radius 1 is 1.07 bits per heavy atom. The van der Waals surface area contributed by atoms with E-state index < -0.39 is 6.10 Å². The third-order valence-electron chi connectivity index (χ3n) is 6.36. The second kappa shape index (κ2) is 7.21. The van der Waals surface area contributed by atoms with Gasteiger partial charge in [-0.25, -0.2) is 0 Å². The van der Waals surface area contributed by atoms with Gasteiger partial charge < -0.3 is 9.99 Å². The molecular weight excluding hydrogens is 406 g/mol. The summed E-state index contributed by atoms with van der Waals surface area (Å²) in [6.07, 6.45) is 3.58. The molecule has 4 nitrogen and oxygen atoms in total. The van der Waals surface area contributed by atoms with Crippen LogP contribution in [0, 0.1) is 0 Å². The van der Waals surface area contributed by atoms with Crippen LogP contribution in [-0.2, 0) is 17.7 Å². The fourth-order valence-corrected chi connectivity index (χ4v) is 5.96. The van der Waals surface area contributed by atoms with E-state index in [2.05, 4.69) is 51.2 Å². The second-order valence-corrected chi connectivity index (χ2v) is 8.84. The van der Waals surface area contributed by atoms with Crippen molar-refractivity contribution >= 4 is 15.9 Å². The quantitative estimate of drug-likeness (QED) is 0.443. The van der Waals surface area contributed by atoms with Crippen LogP contribution in [0.1, 0.15) is 47.1 Å². The van der Waals surface area contributed by atoms with Crippen molar-refractivity contribution in [1.29, 1.82) is 0 Å². The number of alkyl halides is 1. The first kappa shape index (κ1) is 17.7. The van der Waals surface area contributed by atoms with E-state index >= 15 is 0 Å². The van der Waals surface area contributed by atoms with Gasteiger partial charge >= 0.3 is 0 Å². The number of hydrogen-bond donors (Lipinski definition) is 1. The van der Waals surface area contributed by atoms with E-state index in [1.165, 1.54) is 16.7 Å². The van der Waals surface area contributed by atoms with Crippen molar-refractivity contribution in [3.05, 3.63) is 64.7 Å². The summed E-state index contributed by atoms with van der Waals surface area (Å²) in [5.41, 5.74) is 5.08. The lowest BCUT2D eigenvalue weighted by Gasteiger charge is -2.42. The van der Waals surface area contributed by atoms with Crippen molar-refractivity contribution in [2.24, 2.45) is 0 Å². The molecule has 5 heteroatoms. The largest absolute Gasteiger partial charge is 0.387 e. The molecule has 2 aromatic rings. The first-order valence-electron chi connectivity index (χ1n) is 9.79. The van der Waals surface area contributed by atoms with Crippen LogP contribution in [0.2, 0.25) is 0 Å². The van der Waals surface area contributed by atoms with Gasteiger partial charge in [0.25, 0.3) is 0 Å². The van der Waals surface area contributed by atoms with E-state index in [-0.39, 0.29) is 11.0 Å². The summed E-state index contributed by atoms with van der Waals surface area (Å²) in [5, 5.41) is 10.9. The van der Waals surface area contributed by atoms with Crippen LogP contribution in [0.3, 0.4) is 0 Å². The number of piperidine rings is 1. The maximum atomic E-state index is 10.9. The molecule has 142 valence electrons. The highest BCUT2D eigenvalue weighted by Gasteiger charge is 2.40. The molecule has 27 heavy (non-hydrogen) atoms. The van der Waals surface area contributed by atoms with Crippen LogP contribution in [0.4, 0.5) is 0 Å². The molecule has 5 rings (SSSR count). The highest BCUT2D eigenvalue weighted by molar-refractivity contribution is 9.09. The first-order valence-corrected chi connectivity index (χ1v) is 10.7. The third-order valence-corrected chi connectivity index (χ3v) is 7.26. The summed E-state index contributed by atoms with van der Waals surface area (Å²) in [7, 11) is 0. The van der Waals surface area contributed by atoms with Gasteiger partial charge in [0.2, 0.25) is 0 Å². The molecule has 0 bridgehead atoms. The van der Waals surface area contributed by atoms with Crippen molar-refractivity contribution in [3.63, 3.8) is 0 Å². The molecule has 0 aromatic heterocycles. The van der Waals surface area contributed by atoms with Gasteiger partial charge in [0, 0.05) is 24.6 Å². The van der Waals surface area contributed by atoms with Crippen LogP contribution in [0.15, 0.2) is 42.5 Å². The number of fused-ring (bicyclic) bond motifs is 2. The minimum Gasteiger partial charge on any atom is -0.387 e. The van der Waals surface area contributed by atoms with Gasteiger partial charge in [-0.15, -0.1) is 0 Å². The van der Waals surface area contributed by atoms with Gasteiger partial charge in [-0.05, 0) is 47.9 Å². The molecular formula is C22H24BrNO3. The number of benzene rings is 2. The minimum absolute atomic E-state index is 0.161. The zero-order valence-corrected chi connectivity index (χ0v) is 16.8. The predicted molar refractivity (Wildman–Crippen MR) is 107 cm³/mol. The van der Waals surface area contributed by atoms with Crippen LogP contribution in [-0.4, -0.2) is 34.2 Å². The van der Waals surface area contributed by atoms with E-state index in [0.29, 0.717) is 12.5 Å². The number of nitrogens with zero attached hydrogens (tertiary/aromatic N) is 1. The predicted octanol–water partition coefficient (Wildman–Crippen LogP) is 4.11. The van der Waals surface area contributed by atoms with Crippen LogP contribution in [0.25, 0.3) is 0 Å². The molecule has 0 saturated carbocycles. The maximum absolute atomic E-state index is 10.9. The molecule has 1 fully saturated rings. The fourth-order valence-electron chi connectivity index (χ4n) is 5.00. The molecule has 2 heterocycles. The minimum atomic E-state index is -0.396. The Kier molecular flexibility index (Phi) is 4.72. The Morgan fingerprint density at radius 2 is 1.93 bits per heavy atom. The molecule has 2 aliphatic heterocycles. The van der Waals surface area contributed by atoms with Gasteiger partial charge in [-0.2, -0.15) is 4.89 Å². The highest BCUT2D eigenvalue weighted by atomic mass is 79.9. The van der Waals surface area contributed by atoms with Crippen molar-refractivity contribution in [3.8, 4) is 5.75 Å². The number of rotatable bonds is 2. The molecule has 1 N–H and O–H groups in total. The van der Waals surface area contributed by atoms with Crippen molar-refractivity contribution in [2.75, 3.05) is 13.2 Å². The van der Waals surface area contributed by atoms with Crippen LogP contribution < -0.4 is 4.89 Å².